The van der Waals surface area contributed by atoms with E-state index in [9.17, 15) is 13.2 Å². The van der Waals surface area contributed by atoms with Crippen LogP contribution >= 0.6 is 0 Å². The topological polar surface area (TPSA) is 90.2 Å². The minimum absolute atomic E-state index is 0.680. The lowest BCUT2D eigenvalue weighted by Crippen LogP contribution is -2.69. The molecule has 1 rings (SSSR count). The highest BCUT2D eigenvalue weighted by Gasteiger charge is 2.67. The molecule has 5 nitrogen and oxygen atoms in total. The Morgan fingerprint density at radius 3 is 2.07 bits per heavy atom. The van der Waals surface area contributed by atoms with Gasteiger partial charge in [0.2, 0.25) is 5.60 Å². The summed E-state index contributed by atoms with van der Waals surface area (Å²) in [6.45, 7) is -0.680. The molecule has 14 heavy (non-hydrogen) atoms. The third-order valence-electron chi connectivity index (χ3n) is 2.07. The lowest BCUT2D eigenvalue weighted by Gasteiger charge is -2.43. The zero-order valence-electron chi connectivity index (χ0n) is 6.77. The second-order valence-electron chi connectivity index (χ2n) is 3.02. The maximum absolute atomic E-state index is 12.2. The summed E-state index contributed by atoms with van der Waals surface area (Å²) in [4.78, 5) is 0. The van der Waals surface area contributed by atoms with Crippen LogP contribution in [0.3, 0.4) is 0 Å². The van der Waals surface area contributed by atoms with Gasteiger partial charge < -0.3 is 25.2 Å². The number of hydrogen-bond acceptors (Lipinski definition) is 5. The predicted octanol–water partition coefficient (Wildman–Crippen LogP) is -1.65. The summed E-state index contributed by atoms with van der Waals surface area (Å²) >= 11 is 0. The summed E-state index contributed by atoms with van der Waals surface area (Å²) in [6, 6.07) is 0. The van der Waals surface area contributed by atoms with Crippen LogP contribution in [-0.4, -0.2) is 57.3 Å². The van der Waals surface area contributed by atoms with Gasteiger partial charge in [-0.15, -0.1) is 0 Å². The number of ether oxygens (including phenoxy) is 1. The zero-order valence-corrected chi connectivity index (χ0v) is 6.77. The predicted molar refractivity (Wildman–Crippen MR) is 35.0 cm³/mol. The number of alkyl halides is 3. The lowest BCUT2D eigenvalue weighted by molar-refractivity contribution is -0.390. The average molecular weight is 218 g/mol. The molecule has 8 heteroatoms. The van der Waals surface area contributed by atoms with Crippen molar-refractivity contribution in [1.29, 1.82) is 0 Å². The molecule has 1 fully saturated rings. The second kappa shape index (κ2) is 3.31. The number of aliphatic hydroxyl groups is 4. The van der Waals surface area contributed by atoms with Crippen molar-refractivity contribution in [3.63, 3.8) is 0 Å². The first-order valence-electron chi connectivity index (χ1n) is 3.66. The molecule has 0 saturated carbocycles. The fourth-order valence-electron chi connectivity index (χ4n) is 1.16. The number of hydrogen-bond donors (Lipinski definition) is 4. The zero-order chi connectivity index (χ0) is 11.1. The van der Waals surface area contributed by atoms with Gasteiger partial charge in [0.25, 0.3) is 0 Å². The number of aliphatic hydroxyl groups excluding tert-OH is 3. The quantitative estimate of drug-likeness (QED) is 0.391. The van der Waals surface area contributed by atoms with Crippen molar-refractivity contribution in [3.05, 3.63) is 0 Å². The molecule has 84 valence electrons. The highest BCUT2D eigenvalue weighted by molar-refractivity contribution is 5.01. The first-order valence-corrected chi connectivity index (χ1v) is 3.66. The van der Waals surface area contributed by atoms with Crippen molar-refractivity contribution in [2.45, 2.75) is 30.3 Å². The Morgan fingerprint density at radius 1 is 1.21 bits per heavy atom. The van der Waals surface area contributed by atoms with E-state index in [1.54, 1.807) is 0 Å². The smallest absolute Gasteiger partial charge is 0.388 e. The van der Waals surface area contributed by atoms with Crippen LogP contribution in [-0.2, 0) is 4.74 Å². The molecule has 0 spiro atoms. The van der Waals surface area contributed by atoms with Gasteiger partial charge in [0, 0.05) is 0 Å². The summed E-state index contributed by atoms with van der Waals surface area (Å²) in [6.07, 6.45) is -12.3. The summed E-state index contributed by atoms with van der Waals surface area (Å²) in [5.41, 5.74) is -3.86. The molecule has 0 aliphatic carbocycles. The number of rotatable bonds is 0. The largest absolute Gasteiger partial charge is 0.424 e. The summed E-state index contributed by atoms with van der Waals surface area (Å²) in [5.74, 6) is 0. The number of halogens is 3. The Balaban J connectivity index is 3.02. The Labute approximate surface area is 76.3 Å². The molecule has 1 aliphatic rings. The maximum atomic E-state index is 12.2. The van der Waals surface area contributed by atoms with E-state index < -0.39 is 36.9 Å². The molecular weight excluding hydrogens is 209 g/mol. The fraction of sp³-hybridized carbons (Fsp3) is 1.00. The molecule has 1 aliphatic heterocycles. The van der Waals surface area contributed by atoms with Gasteiger partial charge in [0.15, 0.2) is 6.29 Å². The molecule has 0 aromatic carbocycles. The van der Waals surface area contributed by atoms with Crippen LogP contribution in [0.5, 0.6) is 0 Å². The van der Waals surface area contributed by atoms with E-state index in [0.29, 0.717) is 0 Å². The van der Waals surface area contributed by atoms with Crippen LogP contribution in [0.1, 0.15) is 0 Å². The average Bonchev–Trinajstić information content (AvgIpc) is 2.06. The van der Waals surface area contributed by atoms with Crippen LogP contribution < -0.4 is 0 Å². The van der Waals surface area contributed by atoms with E-state index in [-0.39, 0.29) is 0 Å². The Kier molecular flexibility index (Phi) is 2.76. The van der Waals surface area contributed by atoms with Gasteiger partial charge in [0.1, 0.15) is 12.2 Å². The summed E-state index contributed by atoms with van der Waals surface area (Å²) in [7, 11) is 0. The van der Waals surface area contributed by atoms with Crippen molar-refractivity contribution in [2.24, 2.45) is 0 Å². The summed E-state index contributed by atoms with van der Waals surface area (Å²) < 4.78 is 40.8. The van der Waals surface area contributed by atoms with E-state index in [4.69, 9.17) is 20.4 Å². The van der Waals surface area contributed by atoms with Crippen molar-refractivity contribution >= 4 is 0 Å². The first kappa shape index (κ1) is 11.7. The Morgan fingerprint density at radius 2 is 1.71 bits per heavy atom. The molecule has 0 aromatic heterocycles. The van der Waals surface area contributed by atoms with E-state index in [0.717, 1.165) is 0 Å². The molecule has 4 atom stereocenters. The monoisotopic (exact) mass is 218 g/mol. The molecule has 4 N–H and O–H groups in total. The van der Waals surface area contributed by atoms with Crippen molar-refractivity contribution in [1.82, 2.24) is 0 Å². The molecule has 1 saturated heterocycles. The summed E-state index contributed by atoms with van der Waals surface area (Å²) in [5, 5.41) is 35.6. The van der Waals surface area contributed by atoms with E-state index >= 15 is 0 Å². The van der Waals surface area contributed by atoms with E-state index in [1.807, 2.05) is 0 Å². The molecule has 0 amide bonds. The lowest BCUT2D eigenvalue weighted by atomic mass is 9.89. The maximum Gasteiger partial charge on any atom is 0.424 e. The standard InChI is InChI=1S/C6H9F3O5/c7-6(8,9)5(13)3(11)2(10)1-14-4(5)12/h2-4,10-13H,1H2/t2-,3-,4-,5+/m1/s1. The Hall–Kier alpha value is -0.410. The van der Waals surface area contributed by atoms with Gasteiger partial charge in [-0.25, -0.2) is 0 Å². The Bertz CT molecular complexity index is 220. The van der Waals surface area contributed by atoms with Crippen LogP contribution in [0.15, 0.2) is 0 Å². The van der Waals surface area contributed by atoms with Crippen molar-refractivity contribution < 1.29 is 38.3 Å². The van der Waals surface area contributed by atoms with Crippen LogP contribution in [0.2, 0.25) is 0 Å². The SMILES string of the molecule is O[C@@H]1CO[C@@H](O)[C@](O)(C(F)(F)F)[C@@H]1O. The molecule has 0 unspecified atom stereocenters. The van der Waals surface area contributed by atoms with Crippen LogP contribution in [0.4, 0.5) is 13.2 Å². The van der Waals surface area contributed by atoms with Crippen LogP contribution in [0, 0.1) is 0 Å². The highest BCUT2D eigenvalue weighted by atomic mass is 19.4. The molecule has 0 radical (unpaired) electrons. The minimum atomic E-state index is -5.30. The van der Waals surface area contributed by atoms with Crippen molar-refractivity contribution in [3.8, 4) is 0 Å². The highest BCUT2D eigenvalue weighted by Crippen LogP contribution is 2.39. The van der Waals surface area contributed by atoms with Crippen molar-refractivity contribution in [2.75, 3.05) is 6.61 Å². The van der Waals surface area contributed by atoms with Gasteiger partial charge in [0.05, 0.1) is 6.61 Å². The van der Waals surface area contributed by atoms with Gasteiger partial charge in [-0.05, 0) is 0 Å². The van der Waals surface area contributed by atoms with Gasteiger partial charge in [-0.2, -0.15) is 13.2 Å². The normalized spacial score (nSPS) is 45.2. The second-order valence-corrected chi connectivity index (χ2v) is 3.02. The molecule has 0 bridgehead atoms. The molecular formula is C6H9F3O5. The van der Waals surface area contributed by atoms with Gasteiger partial charge >= 0.3 is 6.18 Å². The van der Waals surface area contributed by atoms with Crippen LogP contribution in [0.25, 0.3) is 0 Å². The molecule has 1 heterocycles. The van der Waals surface area contributed by atoms with Gasteiger partial charge in [-0.3, -0.25) is 0 Å². The first-order chi connectivity index (χ1) is 6.21. The third-order valence-corrected chi connectivity index (χ3v) is 2.07. The van der Waals surface area contributed by atoms with Gasteiger partial charge in [-0.1, -0.05) is 0 Å². The molecule has 0 aromatic rings. The fourth-order valence-corrected chi connectivity index (χ4v) is 1.16. The minimum Gasteiger partial charge on any atom is -0.388 e. The van der Waals surface area contributed by atoms with E-state index in [2.05, 4.69) is 4.74 Å². The van der Waals surface area contributed by atoms with E-state index in [1.165, 1.54) is 0 Å². The third kappa shape index (κ3) is 1.48.